The smallest absolute Gasteiger partial charge is 0.310 e. The van der Waals surface area contributed by atoms with Gasteiger partial charge in [-0.3, -0.25) is 9.59 Å². The first kappa shape index (κ1) is 19.0. The fourth-order valence-electron chi connectivity index (χ4n) is 3.26. The standard InChI is InChI=1S/C22H25NO4/c1-2-26-20-11-9-19(10-12-20)23-21(24)15-27-22(25)14-16-7-8-17-5-3-4-6-18(17)13-16/h7-13H,2-6,14-15H2,1H3,(H,23,24). The number of aryl methyl sites for hydroxylation is 2. The molecule has 3 rings (SSSR count). The van der Waals surface area contributed by atoms with E-state index in [1.165, 1.54) is 24.0 Å². The third kappa shape index (κ3) is 5.58. The van der Waals surface area contributed by atoms with E-state index < -0.39 is 5.97 Å². The predicted octanol–water partition coefficient (Wildman–Crippen LogP) is 3.69. The van der Waals surface area contributed by atoms with Crippen LogP contribution in [0.15, 0.2) is 42.5 Å². The van der Waals surface area contributed by atoms with Crippen molar-refractivity contribution in [2.75, 3.05) is 18.5 Å². The van der Waals surface area contributed by atoms with Crippen molar-refractivity contribution >= 4 is 17.6 Å². The molecule has 1 aliphatic carbocycles. The quantitative estimate of drug-likeness (QED) is 0.758. The highest BCUT2D eigenvalue weighted by Crippen LogP contribution is 2.22. The van der Waals surface area contributed by atoms with E-state index in [4.69, 9.17) is 9.47 Å². The van der Waals surface area contributed by atoms with Gasteiger partial charge in [0.2, 0.25) is 0 Å². The largest absolute Gasteiger partial charge is 0.494 e. The van der Waals surface area contributed by atoms with Crippen LogP contribution in [0, 0.1) is 0 Å². The summed E-state index contributed by atoms with van der Waals surface area (Å²) < 4.78 is 10.5. The van der Waals surface area contributed by atoms with Crippen molar-refractivity contribution in [3.8, 4) is 5.75 Å². The zero-order chi connectivity index (χ0) is 19.1. The van der Waals surface area contributed by atoms with Crippen LogP contribution in [-0.2, 0) is 33.6 Å². The van der Waals surface area contributed by atoms with E-state index in [9.17, 15) is 9.59 Å². The first-order valence-electron chi connectivity index (χ1n) is 9.43. The molecule has 0 unspecified atom stereocenters. The molecule has 5 nitrogen and oxygen atoms in total. The lowest BCUT2D eigenvalue weighted by molar-refractivity contribution is -0.146. The molecule has 27 heavy (non-hydrogen) atoms. The first-order chi connectivity index (χ1) is 13.1. The number of ether oxygens (including phenoxy) is 2. The second kappa shape index (κ2) is 9.21. The van der Waals surface area contributed by atoms with Gasteiger partial charge < -0.3 is 14.8 Å². The summed E-state index contributed by atoms with van der Waals surface area (Å²) in [7, 11) is 0. The highest BCUT2D eigenvalue weighted by Gasteiger charge is 2.13. The number of rotatable bonds is 7. The number of anilines is 1. The third-order valence-corrected chi connectivity index (χ3v) is 4.57. The molecule has 1 N–H and O–H groups in total. The number of amides is 1. The number of hydrogen-bond acceptors (Lipinski definition) is 4. The molecule has 2 aromatic carbocycles. The Kier molecular flexibility index (Phi) is 6.47. The minimum atomic E-state index is -0.396. The molecule has 2 aromatic rings. The van der Waals surface area contributed by atoms with Crippen LogP contribution in [0.2, 0.25) is 0 Å². The van der Waals surface area contributed by atoms with Crippen molar-refractivity contribution in [1.29, 1.82) is 0 Å². The molecule has 0 atom stereocenters. The maximum absolute atomic E-state index is 12.0. The average Bonchev–Trinajstić information content (AvgIpc) is 2.68. The Bertz CT molecular complexity index is 798. The van der Waals surface area contributed by atoms with Gasteiger partial charge in [0.15, 0.2) is 6.61 Å². The zero-order valence-electron chi connectivity index (χ0n) is 15.6. The fourth-order valence-corrected chi connectivity index (χ4v) is 3.26. The van der Waals surface area contributed by atoms with Gasteiger partial charge in [-0.1, -0.05) is 18.2 Å². The number of benzene rings is 2. The van der Waals surface area contributed by atoms with Crippen molar-refractivity contribution in [3.05, 3.63) is 59.2 Å². The molecule has 0 fully saturated rings. The Hall–Kier alpha value is -2.82. The number of carbonyl (C=O) groups excluding carboxylic acids is 2. The third-order valence-electron chi connectivity index (χ3n) is 4.57. The van der Waals surface area contributed by atoms with Gasteiger partial charge in [-0.05, 0) is 73.6 Å². The monoisotopic (exact) mass is 367 g/mol. The van der Waals surface area contributed by atoms with E-state index in [-0.39, 0.29) is 18.9 Å². The van der Waals surface area contributed by atoms with Crippen LogP contribution in [0.25, 0.3) is 0 Å². The normalized spacial score (nSPS) is 12.8. The predicted molar refractivity (Wildman–Crippen MR) is 104 cm³/mol. The maximum atomic E-state index is 12.0. The van der Waals surface area contributed by atoms with Crippen LogP contribution in [0.5, 0.6) is 5.75 Å². The molecule has 1 aliphatic rings. The Morgan fingerprint density at radius 1 is 1.00 bits per heavy atom. The number of esters is 1. The van der Waals surface area contributed by atoms with Gasteiger partial charge in [0, 0.05) is 5.69 Å². The van der Waals surface area contributed by atoms with E-state index in [0.29, 0.717) is 12.3 Å². The summed E-state index contributed by atoms with van der Waals surface area (Å²) in [6, 6.07) is 13.2. The topological polar surface area (TPSA) is 64.6 Å². The number of nitrogens with one attached hydrogen (secondary N) is 1. The summed E-state index contributed by atoms with van der Waals surface area (Å²) in [5.41, 5.74) is 4.29. The van der Waals surface area contributed by atoms with E-state index in [2.05, 4.69) is 17.4 Å². The lowest BCUT2D eigenvalue weighted by atomic mass is 9.90. The van der Waals surface area contributed by atoms with Crippen molar-refractivity contribution in [3.63, 3.8) is 0 Å². The SMILES string of the molecule is CCOc1ccc(NC(=O)COC(=O)Cc2ccc3c(c2)CCCC3)cc1. The van der Waals surface area contributed by atoms with Crippen LogP contribution in [-0.4, -0.2) is 25.1 Å². The van der Waals surface area contributed by atoms with Crippen molar-refractivity contribution in [1.82, 2.24) is 0 Å². The Labute approximate surface area is 159 Å². The van der Waals surface area contributed by atoms with Crippen LogP contribution in [0.1, 0.15) is 36.5 Å². The average molecular weight is 367 g/mol. The van der Waals surface area contributed by atoms with Crippen LogP contribution in [0.3, 0.4) is 0 Å². The Morgan fingerprint density at radius 3 is 2.48 bits per heavy atom. The minimum absolute atomic E-state index is 0.184. The first-order valence-corrected chi connectivity index (χ1v) is 9.43. The molecule has 0 aliphatic heterocycles. The molecule has 142 valence electrons. The van der Waals surface area contributed by atoms with E-state index in [0.717, 1.165) is 24.2 Å². The second-order valence-electron chi connectivity index (χ2n) is 6.65. The molecule has 5 heteroatoms. The van der Waals surface area contributed by atoms with Gasteiger partial charge in [0.25, 0.3) is 5.91 Å². The molecule has 0 saturated heterocycles. The minimum Gasteiger partial charge on any atom is -0.494 e. The summed E-state index contributed by atoms with van der Waals surface area (Å²) in [6.45, 7) is 2.21. The number of carbonyl (C=O) groups is 2. The fraction of sp³-hybridized carbons (Fsp3) is 0.364. The highest BCUT2D eigenvalue weighted by molar-refractivity contribution is 5.92. The van der Waals surface area contributed by atoms with Gasteiger partial charge in [-0.15, -0.1) is 0 Å². The van der Waals surface area contributed by atoms with Crippen LogP contribution < -0.4 is 10.1 Å². The van der Waals surface area contributed by atoms with E-state index in [1.54, 1.807) is 24.3 Å². The van der Waals surface area contributed by atoms with Gasteiger partial charge in [-0.25, -0.2) is 0 Å². The lowest BCUT2D eigenvalue weighted by Gasteiger charge is -2.16. The second-order valence-corrected chi connectivity index (χ2v) is 6.65. The molecule has 1 amide bonds. The highest BCUT2D eigenvalue weighted by atomic mass is 16.5. The molecule has 0 aromatic heterocycles. The Balaban J connectivity index is 1.45. The Morgan fingerprint density at radius 2 is 1.74 bits per heavy atom. The van der Waals surface area contributed by atoms with Gasteiger partial charge in [-0.2, -0.15) is 0 Å². The zero-order valence-corrected chi connectivity index (χ0v) is 15.6. The van der Waals surface area contributed by atoms with Crippen LogP contribution in [0.4, 0.5) is 5.69 Å². The summed E-state index contributed by atoms with van der Waals surface area (Å²) in [6.07, 6.45) is 4.81. The molecular weight excluding hydrogens is 342 g/mol. The van der Waals surface area contributed by atoms with E-state index in [1.807, 2.05) is 13.0 Å². The molecular formula is C22H25NO4. The molecule has 0 radical (unpaired) electrons. The van der Waals surface area contributed by atoms with Gasteiger partial charge in [0.1, 0.15) is 5.75 Å². The number of fused-ring (bicyclic) bond motifs is 1. The molecule has 0 bridgehead atoms. The number of hydrogen-bond donors (Lipinski definition) is 1. The van der Waals surface area contributed by atoms with Crippen molar-refractivity contribution < 1.29 is 19.1 Å². The summed E-state index contributed by atoms with van der Waals surface area (Å²) >= 11 is 0. The van der Waals surface area contributed by atoms with Gasteiger partial charge >= 0.3 is 5.97 Å². The molecule has 0 heterocycles. The van der Waals surface area contributed by atoms with Crippen LogP contribution >= 0.6 is 0 Å². The van der Waals surface area contributed by atoms with Gasteiger partial charge in [0.05, 0.1) is 13.0 Å². The summed E-state index contributed by atoms with van der Waals surface area (Å²) in [5, 5.41) is 2.70. The van der Waals surface area contributed by atoms with Crippen molar-refractivity contribution in [2.45, 2.75) is 39.0 Å². The van der Waals surface area contributed by atoms with E-state index >= 15 is 0 Å². The maximum Gasteiger partial charge on any atom is 0.310 e. The summed E-state index contributed by atoms with van der Waals surface area (Å²) in [5.74, 6) is -0.0162. The molecule has 0 saturated carbocycles. The summed E-state index contributed by atoms with van der Waals surface area (Å²) in [4.78, 5) is 24.0. The molecule has 0 spiro atoms. The lowest BCUT2D eigenvalue weighted by Crippen LogP contribution is -2.21. The van der Waals surface area contributed by atoms with Crippen molar-refractivity contribution in [2.24, 2.45) is 0 Å².